The molecule has 0 fully saturated rings. The van der Waals surface area contributed by atoms with E-state index in [-0.39, 0.29) is 23.1 Å². The summed E-state index contributed by atoms with van der Waals surface area (Å²) in [6.07, 6.45) is -10.0. The fourth-order valence-corrected chi connectivity index (χ4v) is 3.00. The first-order chi connectivity index (χ1) is 12.9. The number of halogens is 6. The van der Waals surface area contributed by atoms with E-state index in [0.29, 0.717) is 17.7 Å². The fourth-order valence-electron chi connectivity index (χ4n) is 3.00. The molecule has 0 spiro atoms. The molecule has 28 heavy (non-hydrogen) atoms. The summed E-state index contributed by atoms with van der Waals surface area (Å²) in [5.41, 5.74) is 2.87. The van der Waals surface area contributed by atoms with Crippen molar-refractivity contribution in [2.75, 3.05) is 5.73 Å². The molecular weight excluding hydrogens is 386 g/mol. The van der Waals surface area contributed by atoms with Gasteiger partial charge in [0.2, 0.25) is 0 Å². The first-order valence-electron chi connectivity index (χ1n) is 7.93. The Labute approximate surface area is 155 Å². The molecule has 1 aromatic heterocycles. The molecular formula is C19H14F6N2O. The lowest BCUT2D eigenvalue weighted by Gasteiger charge is -2.14. The van der Waals surface area contributed by atoms with Crippen molar-refractivity contribution in [1.29, 1.82) is 0 Å². The van der Waals surface area contributed by atoms with Gasteiger partial charge in [-0.05, 0) is 23.8 Å². The van der Waals surface area contributed by atoms with Gasteiger partial charge in [-0.25, -0.2) is 0 Å². The summed E-state index contributed by atoms with van der Waals surface area (Å²) in [4.78, 5) is 0. The third-order valence-electron chi connectivity index (χ3n) is 4.34. The van der Waals surface area contributed by atoms with Gasteiger partial charge in [0.05, 0.1) is 22.4 Å². The van der Waals surface area contributed by atoms with Crippen molar-refractivity contribution in [1.82, 2.24) is 4.57 Å². The topological polar surface area (TPSA) is 51.2 Å². The lowest BCUT2D eigenvalue weighted by Crippen LogP contribution is -2.11. The SMILES string of the molecule is Cn1c(N)c(-c2cc(C(F)(F)F)cc(C(F)(F)F)c2)c(O)c1-c1ccccc1. The zero-order valence-corrected chi connectivity index (χ0v) is 14.4. The van der Waals surface area contributed by atoms with E-state index in [0.717, 1.165) is 0 Å². The van der Waals surface area contributed by atoms with E-state index < -0.39 is 34.8 Å². The van der Waals surface area contributed by atoms with E-state index in [2.05, 4.69) is 0 Å². The average Bonchev–Trinajstić information content (AvgIpc) is 2.83. The molecule has 148 valence electrons. The third-order valence-corrected chi connectivity index (χ3v) is 4.34. The Bertz CT molecular complexity index is 987. The zero-order valence-electron chi connectivity index (χ0n) is 14.4. The quantitative estimate of drug-likeness (QED) is 0.544. The van der Waals surface area contributed by atoms with Crippen molar-refractivity contribution in [3.8, 4) is 28.1 Å². The van der Waals surface area contributed by atoms with Crippen LogP contribution in [-0.2, 0) is 19.4 Å². The molecule has 0 unspecified atom stereocenters. The molecule has 0 aliphatic heterocycles. The predicted molar refractivity (Wildman–Crippen MR) is 92.4 cm³/mol. The second kappa shape index (κ2) is 6.50. The highest BCUT2D eigenvalue weighted by molar-refractivity contribution is 5.89. The Kier molecular flexibility index (Phi) is 4.57. The number of hydrogen-bond donors (Lipinski definition) is 2. The monoisotopic (exact) mass is 400 g/mol. The highest BCUT2D eigenvalue weighted by Crippen LogP contribution is 2.47. The summed E-state index contributed by atoms with van der Waals surface area (Å²) in [5, 5.41) is 10.6. The zero-order chi connectivity index (χ0) is 20.9. The number of aromatic nitrogens is 1. The fraction of sp³-hybridized carbons (Fsp3) is 0.158. The molecule has 0 radical (unpaired) electrons. The molecule has 0 atom stereocenters. The Morgan fingerprint density at radius 3 is 1.79 bits per heavy atom. The molecule has 0 aliphatic rings. The first kappa shape index (κ1) is 19.7. The van der Waals surface area contributed by atoms with Crippen LogP contribution in [0, 0.1) is 0 Å². The number of nitrogens with zero attached hydrogens (tertiary/aromatic N) is 1. The first-order valence-corrected chi connectivity index (χ1v) is 7.93. The van der Waals surface area contributed by atoms with Crippen LogP contribution in [0.2, 0.25) is 0 Å². The van der Waals surface area contributed by atoms with Crippen LogP contribution in [-0.4, -0.2) is 9.67 Å². The van der Waals surface area contributed by atoms with Gasteiger partial charge in [-0.3, -0.25) is 0 Å². The molecule has 0 bridgehead atoms. The standard InChI is InChI=1S/C19H14F6N2O/c1-27-15(10-5-3-2-4-6-10)16(28)14(17(27)26)11-7-12(18(20,21)22)9-13(8-11)19(23,24)25/h2-9,28H,26H2,1H3. The van der Waals surface area contributed by atoms with Gasteiger partial charge >= 0.3 is 12.4 Å². The van der Waals surface area contributed by atoms with E-state index in [1.807, 2.05) is 0 Å². The number of nitrogens with two attached hydrogens (primary N) is 1. The Morgan fingerprint density at radius 2 is 1.32 bits per heavy atom. The second-order valence-electron chi connectivity index (χ2n) is 6.18. The van der Waals surface area contributed by atoms with Crippen LogP contribution in [0.4, 0.5) is 32.2 Å². The van der Waals surface area contributed by atoms with Crippen LogP contribution >= 0.6 is 0 Å². The van der Waals surface area contributed by atoms with Gasteiger partial charge in [-0.2, -0.15) is 26.3 Å². The minimum Gasteiger partial charge on any atom is -0.505 e. The summed E-state index contributed by atoms with van der Waals surface area (Å²) in [7, 11) is 1.46. The van der Waals surface area contributed by atoms with E-state index in [1.165, 1.54) is 11.6 Å². The maximum absolute atomic E-state index is 13.1. The van der Waals surface area contributed by atoms with Crippen molar-refractivity contribution in [2.45, 2.75) is 12.4 Å². The highest BCUT2D eigenvalue weighted by atomic mass is 19.4. The van der Waals surface area contributed by atoms with Gasteiger partial charge in [-0.1, -0.05) is 30.3 Å². The van der Waals surface area contributed by atoms with Crippen molar-refractivity contribution in [3.63, 3.8) is 0 Å². The van der Waals surface area contributed by atoms with Gasteiger partial charge in [-0.15, -0.1) is 0 Å². The molecule has 3 rings (SSSR count). The second-order valence-corrected chi connectivity index (χ2v) is 6.18. The van der Waals surface area contributed by atoms with Gasteiger partial charge in [0.1, 0.15) is 5.82 Å². The van der Waals surface area contributed by atoms with Crippen LogP contribution in [0.5, 0.6) is 5.75 Å². The van der Waals surface area contributed by atoms with E-state index in [4.69, 9.17) is 5.73 Å². The van der Waals surface area contributed by atoms with Gasteiger partial charge in [0.15, 0.2) is 5.75 Å². The molecule has 0 saturated heterocycles. The molecule has 2 aromatic carbocycles. The van der Waals surface area contributed by atoms with Crippen molar-refractivity contribution in [2.24, 2.45) is 7.05 Å². The molecule has 0 aliphatic carbocycles. The maximum Gasteiger partial charge on any atom is 0.416 e. The molecule has 9 heteroatoms. The predicted octanol–water partition coefficient (Wildman–Crippen LogP) is 5.68. The van der Waals surface area contributed by atoms with Crippen molar-refractivity contribution >= 4 is 5.82 Å². The normalized spacial score (nSPS) is 12.4. The third kappa shape index (κ3) is 3.39. The minimum atomic E-state index is -5.00. The summed E-state index contributed by atoms with van der Waals surface area (Å²) < 4.78 is 80.1. The van der Waals surface area contributed by atoms with Crippen LogP contribution in [0.25, 0.3) is 22.4 Å². The number of hydrogen-bond acceptors (Lipinski definition) is 2. The summed E-state index contributed by atoms with van der Waals surface area (Å²) in [6.45, 7) is 0. The lowest BCUT2D eigenvalue weighted by atomic mass is 9.99. The molecule has 3 N–H and O–H groups in total. The van der Waals surface area contributed by atoms with Gasteiger partial charge < -0.3 is 15.4 Å². The van der Waals surface area contributed by atoms with Gasteiger partial charge in [0, 0.05) is 12.6 Å². The van der Waals surface area contributed by atoms with E-state index >= 15 is 0 Å². The summed E-state index contributed by atoms with van der Waals surface area (Å²) >= 11 is 0. The Balaban J connectivity index is 2.30. The van der Waals surface area contributed by atoms with Crippen LogP contribution in [0.3, 0.4) is 0 Å². The van der Waals surface area contributed by atoms with Crippen LogP contribution in [0.15, 0.2) is 48.5 Å². The van der Waals surface area contributed by atoms with Gasteiger partial charge in [0.25, 0.3) is 0 Å². The van der Waals surface area contributed by atoms with E-state index in [9.17, 15) is 31.4 Å². The minimum absolute atomic E-state index is 0.0256. The Morgan fingerprint density at radius 1 is 0.821 bits per heavy atom. The number of aromatic hydroxyl groups is 1. The molecule has 1 heterocycles. The maximum atomic E-state index is 13.1. The average molecular weight is 400 g/mol. The molecule has 0 saturated carbocycles. The van der Waals surface area contributed by atoms with Crippen LogP contribution < -0.4 is 5.73 Å². The number of alkyl halides is 6. The highest BCUT2D eigenvalue weighted by Gasteiger charge is 2.37. The number of benzene rings is 2. The van der Waals surface area contributed by atoms with Crippen LogP contribution in [0.1, 0.15) is 11.1 Å². The molecule has 0 amide bonds. The summed E-state index contributed by atoms with van der Waals surface area (Å²) in [5.74, 6) is -0.664. The van der Waals surface area contributed by atoms with Crippen molar-refractivity contribution in [3.05, 3.63) is 59.7 Å². The number of anilines is 1. The largest absolute Gasteiger partial charge is 0.505 e. The lowest BCUT2D eigenvalue weighted by molar-refractivity contribution is -0.143. The molecule has 3 nitrogen and oxygen atoms in total. The Hall–Kier alpha value is -3.10. The molecule has 3 aromatic rings. The van der Waals surface area contributed by atoms with Crippen molar-refractivity contribution < 1.29 is 31.4 Å². The van der Waals surface area contributed by atoms with E-state index in [1.54, 1.807) is 30.3 Å². The number of nitrogen functional groups attached to an aromatic ring is 1. The summed E-state index contributed by atoms with van der Waals surface area (Å²) in [6, 6.07) is 9.42. The smallest absolute Gasteiger partial charge is 0.416 e. The number of rotatable bonds is 2.